The molecule has 1 rings (SSSR count). The maximum Gasteiger partial charge on any atom is 0.0792 e. The third kappa shape index (κ3) is 1.26. The van der Waals surface area contributed by atoms with Gasteiger partial charge in [0, 0.05) is 12.6 Å². The van der Waals surface area contributed by atoms with Gasteiger partial charge in [-0.3, -0.25) is 0 Å². The predicted octanol–water partition coefficient (Wildman–Crippen LogP) is 1.61. The lowest BCUT2D eigenvalue weighted by atomic mass is 9.97. The van der Waals surface area contributed by atoms with Crippen molar-refractivity contribution in [3.63, 3.8) is 0 Å². The summed E-state index contributed by atoms with van der Waals surface area (Å²) in [4.78, 5) is 0. The second kappa shape index (κ2) is 2.69. The van der Waals surface area contributed by atoms with Crippen molar-refractivity contribution in [1.82, 2.24) is 5.06 Å². The smallest absolute Gasteiger partial charge is 0.0792 e. The number of methoxy groups -OCH3 is 1. The van der Waals surface area contributed by atoms with Gasteiger partial charge in [0.1, 0.15) is 0 Å². The summed E-state index contributed by atoms with van der Waals surface area (Å²) in [6.45, 7) is 7.79. The fourth-order valence-electron chi connectivity index (χ4n) is 2.07. The van der Waals surface area contributed by atoms with Crippen LogP contribution in [0.2, 0.25) is 0 Å². The third-order valence-electron chi connectivity index (χ3n) is 2.83. The average molecular weight is 172 g/mol. The Balaban J connectivity index is 2.88. The lowest BCUT2D eigenvalue weighted by molar-refractivity contribution is -0.252. The minimum Gasteiger partial charge on any atom is -0.379 e. The van der Waals surface area contributed by atoms with Gasteiger partial charge in [-0.1, -0.05) is 0 Å². The van der Waals surface area contributed by atoms with E-state index < -0.39 is 5.54 Å². The van der Waals surface area contributed by atoms with Gasteiger partial charge in [0.15, 0.2) is 0 Å². The van der Waals surface area contributed by atoms with Gasteiger partial charge in [0.05, 0.1) is 11.6 Å². The highest BCUT2D eigenvalue weighted by atomic mass is 16.5. The molecule has 1 heterocycles. The zero-order valence-electron chi connectivity index (χ0n) is 8.55. The van der Waals surface area contributed by atoms with Crippen molar-refractivity contribution in [2.45, 2.75) is 51.3 Å². The Hall–Kier alpha value is -0.120. The number of nitrogens with zero attached hydrogens (tertiary/aromatic N) is 1. The molecule has 0 aliphatic carbocycles. The summed E-state index contributed by atoms with van der Waals surface area (Å²) in [7, 11) is 1.67. The molecule has 1 aliphatic rings. The van der Waals surface area contributed by atoms with Crippen LogP contribution in [0.3, 0.4) is 0 Å². The summed E-state index contributed by atoms with van der Waals surface area (Å²) in [6, 6.07) is 0. The molecule has 1 aliphatic heterocycles. The minimum atomic E-state index is -0.391. The standard InChI is InChI=1S/C9H18NO2/c1-8(2)6-7(12-5)9(3,4)10(8)11/h7H,6H2,1-5H3. The molecule has 1 saturated heterocycles. The molecule has 3 nitrogen and oxygen atoms in total. The Kier molecular flexibility index (Phi) is 2.23. The molecule has 1 unspecified atom stereocenters. The van der Waals surface area contributed by atoms with E-state index in [1.807, 2.05) is 27.7 Å². The van der Waals surface area contributed by atoms with Gasteiger partial charge >= 0.3 is 0 Å². The molecule has 0 N–H and O–H groups in total. The van der Waals surface area contributed by atoms with E-state index in [1.165, 1.54) is 0 Å². The summed E-state index contributed by atoms with van der Waals surface area (Å²) in [5.74, 6) is 0. The van der Waals surface area contributed by atoms with Crippen LogP contribution < -0.4 is 0 Å². The fourth-order valence-corrected chi connectivity index (χ4v) is 2.07. The Morgan fingerprint density at radius 2 is 1.83 bits per heavy atom. The highest BCUT2D eigenvalue weighted by Gasteiger charge is 2.52. The van der Waals surface area contributed by atoms with Crippen LogP contribution in [0.1, 0.15) is 34.1 Å². The number of hydroxylamine groups is 2. The summed E-state index contributed by atoms with van der Waals surface area (Å²) in [5, 5.41) is 12.9. The molecule has 0 saturated carbocycles. The molecule has 0 bridgehead atoms. The average Bonchev–Trinajstić information content (AvgIpc) is 2.11. The normalized spacial score (nSPS) is 34.0. The lowest BCUT2D eigenvalue weighted by Gasteiger charge is -2.32. The second-order valence-electron chi connectivity index (χ2n) is 4.69. The summed E-state index contributed by atoms with van der Waals surface area (Å²) >= 11 is 0. The highest BCUT2D eigenvalue weighted by Crippen LogP contribution is 2.40. The van der Waals surface area contributed by atoms with Gasteiger partial charge in [0.25, 0.3) is 0 Å². The van der Waals surface area contributed by atoms with Crippen LogP contribution >= 0.6 is 0 Å². The predicted molar refractivity (Wildman–Crippen MR) is 46.1 cm³/mol. The van der Waals surface area contributed by atoms with Crippen LogP contribution in [-0.2, 0) is 9.94 Å². The molecule has 0 spiro atoms. The lowest BCUT2D eigenvalue weighted by Crippen LogP contribution is -2.47. The summed E-state index contributed by atoms with van der Waals surface area (Å²) in [6.07, 6.45) is 0.852. The van der Waals surface area contributed by atoms with E-state index in [2.05, 4.69) is 0 Å². The molecule has 0 aromatic heterocycles. The van der Waals surface area contributed by atoms with Crippen molar-refractivity contribution < 1.29 is 9.94 Å². The van der Waals surface area contributed by atoms with Crippen molar-refractivity contribution in [3.05, 3.63) is 0 Å². The largest absolute Gasteiger partial charge is 0.379 e. The number of hydrogen-bond acceptors (Lipinski definition) is 2. The van der Waals surface area contributed by atoms with Crippen LogP contribution in [0.15, 0.2) is 0 Å². The topological polar surface area (TPSA) is 32.4 Å². The monoisotopic (exact) mass is 172 g/mol. The first-order valence-electron chi connectivity index (χ1n) is 4.32. The molecule has 0 aromatic rings. The molecule has 1 fully saturated rings. The number of ether oxygens (including phenoxy) is 1. The van der Waals surface area contributed by atoms with E-state index in [1.54, 1.807) is 7.11 Å². The van der Waals surface area contributed by atoms with Crippen LogP contribution in [0.4, 0.5) is 0 Å². The van der Waals surface area contributed by atoms with Gasteiger partial charge in [-0.15, -0.1) is 10.3 Å². The first-order chi connectivity index (χ1) is 5.32. The van der Waals surface area contributed by atoms with Crippen molar-refractivity contribution in [3.8, 4) is 0 Å². The first kappa shape index (κ1) is 9.96. The maximum atomic E-state index is 11.8. The second-order valence-corrected chi connectivity index (χ2v) is 4.69. The van der Waals surface area contributed by atoms with Crippen molar-refractivity contribution >= 4 is 0 Å². The minimum absolute atomic E-state index is 0.0463. The molecule has 1 radical (unpaired) electrons. The number of rotatable bonds is 1. The Morgan fingerprint density at radius 1 is 1.33 bits per heavy atom. The highest BCUT2D eigenvalue weighted by molar-refractivity contribution is 5.02. The van der Waals surface area contributed by atoms with E-state index in [9.17, 15) is 5.21 Å². The van der Waals surface area contributed by atoms with Crippen molar-refractivity contribution in [2.24, 2.45) is 0 Å². The van der Waals surface area contributed by atoms with Gasteiger partial charge in [-0.25, -0.2) is 0 Å². The van der Waals surface area contributed by atoms with Gasteiger partial charge in [0.2, 0.25) is 0 Å². The van der Waals surface area contributed by atoms with Gasteiger partial charge in [-0.2, -0.15) is 0 Å². The van der Waals surface area contributed by atoms with Crippen LogP contribution in [0, 0.1) is 0 Å². The molecule has 1 atom stereocenters. The molecular weight excluding hydrogens is 154 g/mol. The molecule has 0 amide bonds. The van der Waals surface area contributed by atoms with Crippen LogP contribution in [0.25, 0.3) is 0 Å². The molecule has 71 valence electrons. The van der Waals surface area contributed by atoms with Gasteiger partial charge < -0.3 is 4.74 Å². The Labute approximate surface area is 74.3 Å². The maximum absolute atomic E-state index is 11.8. The summed E-state index contributed by atoms with van der Waals surface area (Å²) in [5.41, 5.74) is -0.678. The molecular formula is C9H18NO2. The fraction of sp³-hybridized carbons (Fsp3) is 1.00. The molecule has 0 aromatic carbocycles. The van der Waals surface area contributed by atoms with Crippen molar-refractivity contribution in [1.29, 1.82) is 0 Å². The quantitative estimate of drug-likeness (QED) is 0.602. The van der Waals surface area contributed by atoms with E-state index in [0.717, 1.165) is 11.5 Å². The van der Waals surface area contributed by atoms with E-state index in [4.69, 9.17) is 4.74 Å². The zero-order chi connectivity index (χ0) is 9.57. The van der Waals surface area contributed by atoms with E-state index in [-0.39, 0.29) is 11.6 Å². The molecule has 3 heteroatoms. The van der Waals surface area contributed by atoms with E-state index in [0.29, 0.717) is 0 Å². The third-order valence-corrected chi connectivity index (χ3v) is 2.83. The van der Waals surface area contributed by atoms with Crippen LogP contribution in [-0.4, -0.2) is 29.4 Å². The Morgan fingerprint density at radius 3 is 2.00 bits per heavy atom. The SMILES string of the molecule is COC1CC(C)(C)N([O])C1(C)C. The van der Waals surface area contributed by atoms with E-state index >= 15 is 0 Å². The Bertz CT molecular complexity index is 177. The molecule has 12 heavy (non-hydrogen) atoms. The van der Waals surface area contributed by atoms with Crippen LogP contribution in [0.5, 0.6) is 0 Å². The van der Waals surface area contributed by atoms with Gasteiger partial charge in [-0.05, 0) is 34.1 Å². The van der Waals surface area contributed by atoms with Crippen molar-refractivity contribution in [2.75, 3.05) is 7.11 Å². The number of hydrogen-bond donors (Lipinski definition) is 0. The zero-order valence-corrected chi connectivity index (χ0v) is 8.55. The first-order valence-corrected chi connectivity index (χ1v) is 4.32. The summed E-state index contributed by atoms with van der Waals surface area (Å²) < 4.78 is 5.29.